The molecule has 1 unspecified atom stereocenters. The van der Waals surface area contributed by atoms with Crippen LogP contribution in [0.25, 0.3) is 5.32 Å². The van der Waals surface area contributed by atoms with Crippen molar-refractivity contribution < 1.29 is 30.2 Å². The van der Waals surface area contributed by atoms with Gasteiger partial charge in [-0.05, 0) is 12.0 Å². The molecule has 0 aromatic heterocycles. The van der Waals surface area contributed by atoms with Crippen LogP contribution < -0.4 is 0 Å². The van der Waals surface area contributed by atoms with Gasteiger partial charge >= 0.3 is 6.18 Å². The Kier molecular flexibility index (Phi) is 8.18. The van der Waals surface area contributed by atoms with Crippen LogP contribution in [0.15, 0.2) is 4.99 Å². The normalized spacial score (nSPS) is 15.2. The smallest absolute Gasteiger partial charge is 0.390 e. The molecule has 0 saturated carbocycles. The van der Waals surface area contributed by atoms with Gasteiger partial charge in [0.05, 0.1) is 6.04 Å². The number of halogens is 3. The first-order valence-corrected chi connectivity index (χ1v) is 5.42. The molecule has 0 saturated heterocycles. The van der Waals surface area contributed by atoms with E-state index in [0.29, 0.717) is 12.3 Å². The number of amidine groups is 1. The summed E-state index contributed by atoms with van der Waals surface area (Å²) in [7, 11) is 0. The Balaban J connectivity index is 0. The van der Waals surface area contributed by atoms with Gasteiger partial charge in [-0.15, -0.1) is 0 Å². The molecular weight excluding hydrogens is 272 g/mol. The monoisotopic (exact) mass is 292 g/mol. The van der Waals surface area contributed by atoms with Gasteiger partial charge in [0.25, 0.3) is 0 Å². The number of hydrogen-bond donors (Lipinski definition) is 0. The van der Waals surface area contributed by atoms with E-state index in [1.807, 2.05) is 27.7 Å². The summed E-state index contributed by atoms with van der Waals surface area (Å²) in [5.41, 5.74) is -0.390. The Morgan fingerprint density at radius 3 is 2.00 bits per heavy atom. The van der Waals surface area contributed by atoms with Crippen molar-refractivity contribution in [3.05, 3.63) is 5.32 Å². The summed E-state index contributed by atoms with van der Waals surface area (Å²) in [5, 5.41) is 3.65. The molecule has 0 N–H and O–H groups in total. The third kappa shape index (κ3) is 9.48. The second-order valence-electron chi connectivity index (χ2n) is 4.80. The van der Waals surface area contributed by atoms with Crippen LogP contribution in [0.5, 0.6) is 0 Å². The molecule has 0 aliphatic heterocycles. The third-order valence-electron chi connectivity index (χ3n) is 1.75. The van der Waals surface area contributed by atoms with Gasteiger partial charge in [-0.3, -0.25) is 0 Å². The summed E-state index contributed by atoms with van der Waals surface area (Å²) >= 11 is 0. The summed E-state index contributed by atoms with van der Waals surface area (Å²) in [6.45, 7) is 8.48. The van der Waals surface area contributed by atoms with Crippen LogP contribution in [-0.2, 0) is 17.1 Å². The Bertz CT molecular complexity index is 244. The molecule has 0 spiro atoms. The molecular formula is C11H20F3MnN2-. The van der Waals surface area contributed by atoms with Crippen LogP contribution >= 0.6 is 0 Å². The fourth-order valence-electron chi connectivity index (χ4n) is 1.06. The molecule has 6 heteroatoms. The first kappa shape index (κ1) is 19.1. The van der Waals surface area contributed by atoms with Crippen LogP contribution in [0.4, 0.5) is 13.2 Å². The minimum Gasteiger partial charge on any atom is -0.463 e. The van der Waals surface area contributed by atoms with Crippen molar-refractivity contribution in [2.24, 2.45) is 4.99 Å². The number of aliphatic imine (C=N–C) groups is 1. The van der Waals surface area contributed by atoms with E-state index in [4.69, 9.17) is 0 Å². The van der Waals surface area contributed by atoms with E-state index in [1.54, 1.807) is 0 Å². The van der Waals surface area contributed by atoms with Gasteiger partial charge in [0.2, 0.25) is 0 Å². The molecule has 0 aliphatic carbocycles. The molecule has 0 aromatic rings. The predicted octanol–water partition coefficient (Wildman–Crippen LogP) is 4.31. The zero-order chi connectivity index (χ0) is 13.0. The summed E-state index contributed by atoms with van der Waals surface area (Å²) in [4.78, 5) is 4.20. The standard InChI is InChI=1S/C11H20F3N2.Mn/c1-6-7-9(16-10(3,4)5)15-8(2)11(12,13)14;/h8H,6-7H2,1-5H3;/q-1;. The van der Waals surface area contributed by atoms with Gasteiger partial charge < -0.3 is 10.3 Å². The fourth-order valence-corrected chi connectivity index (χ4v) is 1.06. The molecule has 17 heavy (non-hydrogen) atoms. The van der Waals surface area contributed by atoms with Gasteiger partial charge in [0.15, 0.2) is 0 Å². The van der Waals surface area contributed by atoms with Crippen molar-refractivity contribution in [2.75, 3.05) is 0 Å². The molecule has 0 fully saturated rings. The maximum atomic E-state index is 12.3. The topological polar surface area (TPSA) is 26.5 Å². The quantitative estimate of drug-likeness (QED) is 0.421. The Labute approximate surface area is 112 Å². The minimum atomic E-state index is -4.29. The average Bonchev–Trinajstić information content (AvgIpc) is 1.99. The van der Waals surface area contributed by atoms with Crippen molar-refractivity contribution in [2.45, 2.75) is 65.2 Å². The van der Waals surface area contributed by atoms with E-state index < -0.39 is 12.2 Å². The largest absolute Gasteiger partial charge is 0.463 e. The van der Waals surface area contributed by atoms with E-state index >= 15 is 0 Å². The second kappa shape index (κ2) is 7.27. The van der Waals surface area contributed by atoms with Crippen molar-refractivity contribution in [3.63, 3.8) is 0 Å². The molecule has 1 radical (unpaired) electrons. The molecule has 1 atom stereocenters. The zero-order valence-corrected chi connectivity index (χ0v) is 12.1. The van der Waals surface area contributed by atoms with Crippen LogP contribution in [0, 0.1) is 0 Å². The van der Waals surface area contributed by atoms with Crippen LogP contribution in [0.1, 0.15) is 47.5 Å². The number of nitrogens with zero attached hydrogens (tertiary/aromatic N) is 2. The number of hydrogen-bond acceptors (Lipinski definition) is 1. The summed E-state index contributed by atoms with van der Waals surface area (Å²) in [6, 6.07) is -1.68. The average molecular weight is 292 g/mol. The van der Waals surface area contributed by atoms with E-state index in [1.165, 1.54) is 0 Å². The summed E-state index contributed by atoms with van der Waals surface area (Å²) in [6.07, 6.45) is -3.06. The Hall–Kier alpha value is -0.221. The molecule has 2 nitrogen and oxygen atoms in total. The molecule has 103 valence electrons. The maximum absolute atomic E-state index is 12.3. The van der Waals surface area contributed by atoms with Crippen molar-refractivity contribution >= 4 is 5.84 Å². The van der Waals surface area contributed by atoms with Crippen LogP contribution in [0.2, 0.25) is 0 Å². The van der Waals surface area contributed by atoms with Crippen LogP contribution in [-0.4, -0.2) is 23.6 Å². The molecule has 0 bridgehead atoms. The first-order chi connectivity index (χ1) is 7.06. The molecule has 0 aliphatic rings. The van der Waals surface area contributed by atoms with E-state index in [2.05, 4.69) is 10.3 Å². The zero-order valence-electron chi connectivity index (χ0n) is 10.9. The van der Waals surface area contributed by atoms with Crippen molar-refractivity contribution in [1.82, 2.24) is 0 Å². The van der Waals surface area contributed by atoms with Gasteiger partial charge in [0.1, 0.15) is 0 Å². The summed E-state index contributed by atoms with van der Waals surface area (Å²) < 4.78 is 37.0. The second-order valence-corrected chi connectivity index (χ2v) is 4.80. The van der Waals surface area contributed by atoms with Gasteiger partial charge in [-0.1, -0.05) is 46.9 Å². The molecule has 0 aromatic carbocycles. The first-order valence-electron chi connectivity index (χ1n) is 5.42. The predicted molar refractivity (Wildman–Crippen MR) is 61.0 cm³/mol. The Morgan fingerprint density at radius 1 is 1.24 bits per heavy atom. The maximum Gasteiger partial charge on any atom is 0.390 e. The third-order valence-corrected chi connectivity index (χ3v) is 1.75. The molecule has 0 amide bonds. The molecule has 0 rings (SSSR count). The van der Waals surface area contributed by atoms with E-state index in [9.17, 15) is 13.2 Å². The van der Waals surface area contributed by atoms with E-state index in [-0.39, 0.29) is 22.6 Å². The minimum absolute atomic E-state index is 0. The van der Waals surface area contributed by atoms with Gasteiger partial charge in [-0.2, -0.15) is 13.2 Å². The number of alkyl halides is 3. The fraction of sp³-hybridized carbons (Fsp3) is 0.909. The van der Waals surface area contributed by atoms with E-state index in [0.717, 1.165) is 13.3 Å². The Morgan fingerprint density at radius 2 is 1.71 bits per heavy atom. The SMILES string of the molecule is CCCC(=NC(C)(C)C)[N-]C(C)C(F)(F)F.[Mn]. The van der Waals surface area contributed by atoms with Gasteiger partial charge in [0, 0.05) is 17.1 Å². The van der Waals surface area contributed by atoms with Crippen LogP contribution in [0.3, 0.4) is 0 Å². The van der Waals surface area contributed by atoms with Crippen molar-refractivity contribution in [3.8, 4) is 0 Å². The van der Waals surface area contributed by atoms with Gasteiger partial charge in [-0.25, -0.2) is 0 Å². The van der Waals surface area contributed by atoms with Crippen molar-refractivity contribution in [1.29, 1.82) is 0 Å². The molecule has 0 heterocycles. The summed E-state index contributed by atoms with van der Waals surface area (Å²) in [5.74, 6) is 0.305. The number of rotatable bonds is 3.